The van der Waals surface area contributed by atoms with E-state index in [0.29, 0.717) is 5.76 Å². The van der Waals surface area contributed by atoms with Crippen molar-refractivity contribution in [2.75, 3.05) is 5.73 Å². The molecular formula is C12H10N4O4. The molecule has 0 radical (unpaired) electrons. The fraction of sp³-hybridized carbons (Fsp3) is 0.167. The van der Waals surface area contributed by atoms with Crippen LogP contribution in [0.1, 0.15) is 5.76 Å². The second-order valence-corrected chi connectivity index (χ2v) is 3.87. The van der Waals surface area contributed by atoms with Crippen molar-refractivity contribution in [3.05, 3.63) is 49.9 Å². The van der Waals surface area contributed by atoms with E-state index in [1.165, 1.54) is 6.26 Å². The minimum Gasteiger partial charge on any atom is -0.467 e. The third kappa shape index (κ3) is 2.12. The lowest BCUT2D eigenvalue weighted by atomic mass is 10.4. The summed E-state index contributed by atoms with van der Waals surface area (Å²) in [7, 11) is 0. The Bertz CT molecular complexity index is 793. The van der Waals surface area contributed by atoms with Gasteiger partial charge in [-0.15, -0.1) is 11.3 Å². The van der Waals surface area contributed by atoms with E-state index < -0.39 is 16.9 Å². The molecule has 102 valence electrons. The number of aromatic nitrogens is 2. The van der Waals surface area contributed by atoms with Crippen LogP contribution in [0.4, 0.5) is 11.5 Å². The van der Waals surface area contributed by atoms with Crippen molar-refractivity contribution in [2.45, 2.75) is 13.1 Å². The van der Waals surface area contributed by atoms with E-state index in [0.717, 1.165) is 9.13 Å². The van der Waals surface area contributed by atoms with Crippen molar-refractivity contribution in [3.63, 3.8) is 0 Å². The van der Waals surface area contributed by atoms with E-state index in [4.69, 9.17) is 16.6 Å². The fourth-order valence-electron chi connectivity index (χ4n) is 1.73. The Morgan fingerprint density at radius 1 is 1.40 bits per heavy atom. The summed E-state index contributed by atoms with van der Waals surface area (Å²) in [5.74, 6) is 2.28. The average molecular weight is 274 g/mol. The summed E-state index contributed by atoms with van der Waals surface area (Å²) < 4.78 is 6.83. The van der Waals surface area contributed by atoms with Gasteiger partial charge < -0.3 is 10.2 Å². The minimum atomic E-state index is -0.906. The summed E-state index contributed by atoms with van der Waals surface area (Å²) in [6.07, 6.45) is 6.52. The van der Waals surface area contributed by atoms with Gasteiger partial charge in [0, 0.05) is 0 Å². The maximum absolute atomic E-state index is 12.2. The van der Waals surface area contributed by atoms with Gasteiger partial charge in [-0.1, -0.05) is 5.92 Å². The first-order chi connectivity index (χ1) is 9.60. The Labute approximate surface area is 112 Å². The number of hydrogen-bond donors (Lipinski definition) is 1. The normalized spacial score (nSPS) is 10.2. The first-order valence-electron chi connectivity index (χ1n) is 5.52. The molecule has 2 aromatic heterocycles. The first-order valence-corrected chi connectivity index (χ1v) is 5.52. The molecule has 2 heterocycles. The van der Waals surface area contributed by atoms with Crippen LogP contribution in [0.3, 0.4) is 0 Å². The van der Waals surface area contributed by atoms with Crippen LogP contribution in [0.2, 0.25) is 0 Å². The molecule has 0 unspecified atom stereocenters. The molecule has 2 N–H and O–H groups in total. The Balaban J connectivity index is 2.70. The third-order valence-electron chi connectivity index (χ3n) is 2.68. The van der Waals surface area contributed by atoms with Crippen LogP contribution >= 0.6 is 0 Å². The number of nitrogens with zero attached hydrogens (tertiary/aromatic N) is 3. The first kappa shape index (κ1) is 13.4. The monoisotopic (exact) mass is 274 g/mol. The SMILES string of the molecule is C#CCn1c(=O)c(N=O)c(N)n(Cc2ccco2)c1=O. The molecule has 0 atom stereocenters. The van der Waals surface area contributed by atoms with E-state index >= 15 is 0 Å². The molecule has 0 saturated heterocycles. The average Bonchev–Trinajstić information content (AvgIpc) is 2.93. The Hall–Kier alpha value is -3.08. The zero-order valence-corrected chi connectivity index (χ0v) is 10.3. The molecule has 0 saturated carbocycles. The highest BCUT2D eigenvalue weighted by Gasteiger charge is 2.18. The lowest BCUT2D eigenvalue weighted by molar-refractivity contribution is 0.483. The van der Waals surface area contributed by atoms with Crippen molar-refractivity contribution in [1.29, 1.82) is 0 Å². The van der Waals surface area contributed by atoms with Crippen molar-refractivity contribution in [3.8, 4) is 12.3 Å². The van der Waals surface area contributed by atoms with Crippen LogP contribution in [0.5, 0.6) is 0 Å². The van der Waals surface area contributed by atoms with E-state index in [1.807, 2.05) is 0 Å². The molecule has 0 bridgehead atoms. The van der Waals surface area contributed by atoms with Crippen molar-refractivity contribution >= 4 is 11.5 Å². The second-order valence-electron chi connectivity index (χ2n) is 3.87. The van der Waals surface area contributed by atoms with Crippen LogP contribution in [0, 0.1) is 17.3 Å². The molecule has 0 fully saturated rings. The van der Waals surface area contributed by atoms with Crippen molar-refractivity contribution < 1.29 is 4.42 Å². The van der Waals surface area contributed by atoms with Gasteiger partial charge in [0.15, 0.2) is 0 Å². The van der Waals surface area contributed by atoms with E-state index in [9.17, 15) is 14.5 Å². The van der Waals surface area contributed by atoms with Crippen LogP contribution in [0.15, 0.2) is 37.6 Å². The summed E-state index contributed by atoms with van der Waals surface area (Å²) in [5, 5.41) is 2.58. The molecule has 2 rings (SSSR count). The zero-order valence-electron chi connectivity index (χ0n) is 10.3. The molecule has 0 aliphatic heterocycles. The highest BCUT2D eigenvalue weighted by atomic mass is 16.3. The van der Waals surface area contributed by atoms with Crippen molar-refractivity contribution in [2.24, 2.45) is 5.18 Å². The van der Waals surface area contributed by atoms with E-state index in [2.05, 4.69) is 11.1 Å². The smallest absolute Gasteiger partial charge is 0.333 e. The molecule has 0 aromatic carbocycles. The standard InChI is InChI=1S/C12H10N4O4/c1-2-5-15-11(17)9(14-19)10(13)16(12(15)18)7-8-4-3-6-20-8/h1,3-4,6H,5,7,13H2. The largest absolute Gasteiger partial charge is 0.467 e. The van der Waals surface area contributed by atoms with Crippen LogP contribution in [0.25, 0.3) is 0 Å². The molecule has 0 aliphatic carbocycles. The number of nitrogens with two attached hydrogens (primary N) is 1. The Morgan fingerprint density at radius 3 is 2.70 bits per heavy atom. The summed E-state index contributed by atoms with van der Waals surface area (Å²) in [6.45, 7) is -0.316. The van der Waals surface area contributed by atoms with Crippen LogP contribution in [-0.2, 0) is 13.1 Å². The predicted molar refractivity (Wildman–Crippen MR) is 71.5 cm³/mol. The van der Waals surface area contributed by atoms with E-state index in [1.54, 1.807) is 12.1 Å². The number of rotatable bonds is 4. The quantitative estimate of drug-likeness (QED) is 0.635. The minimum absolute atomic E-state index is 0.0367. The molecule has 8 nitrogen and oxygen atoms in total. The van der Waals surface area contributed by atoms with Gasteiger partial charge in [-0.05, 0) is 17.3 Å². The Kier molecular flexibility index (Phi) is 3.52. The summed E-state index contributed by atoms with van der Waals surface area (Å²) in [5.41, 5.74) is 3.46. The highest BCUT2D eigenvalue weighted by molar-refractivity contribution is 5.56. The summed E-state index contributed by atoms with van der Waals surface area (Å²) in [6, 6.07) is 3.25. The van der Waals surface area contributed by atoms with Gasteiger partial charge in [-0.2, -0.15) is 0 Å². The lowest BCUT2D eigenvalue weighted by Gasteiger charge is -2.11. The molecule has 20 heavy (non-hydrogen) atoms. The molecule has 0 aliphatic rings. The van der Waals surface area contributed by atoms with Crippen LogP contribution < -0.4 is 17.0 Å². The maximum Gasteiger partial charge on any atom is 0.333 e. The van der Waals surface area contributed by atoms with Gasteiger partial charge in [0.2, 0.25) is 5.69 Å². The highest BCUT2D eigenvalue weighted by Crippen LogP contribution is 2.15. The summed E-state index contributed by atoms with van der Waals surface area (Å²) in [4.78, 5) is 34.7. The zero-order chi connectivity index (χ0) is 14.7. The number of anilines is 1. The Morgan fingerprint density at radius 2 is 2.15 bits per heavy atom. The summed E-state index contributed by atoms with van der Waals surface area (Å²) >= 11 is 0. The van der Waals surface area contributed by atoms with Gasteiger partial charge >= 0.3 is 5.69 Å². The molecule has 0 spiro atoms. The third-order valence-corrected chi connectivity index (χ3v) is 2.68. The van der Waals surface area contributed by atoms with Gasteiger partial charge in [0.05, 0.1) is 19.4 Å². The van der Waals surface area contributed by atoms with Gasteiger partial charge in [-0.25, -0.2) is 9.36 Å². The predicted octanol–water partition coefficient (Wildman–Crippen LogP) is 0.265. The van der Waals surface area contributed by atoms with Gasteiger partial charge in [0.25, 0.3) is 5.56 Å². The number of furan rings is 1. The van der Waals surface area contributed by atoms with Gasteiger partial charge in [0.1, 0.15) is 11.6 Å². The molecular weight excluding hydrogens is 264 g/mol. The molecule has 2 aromatic rings. The number of hydrogen-bond acceptors (Lipinski definition) is 6. The van der Waals surface area contributed by atoms with Gasteiger partial charge in [-0.3, -0.25) is 9.36 Å². The maximum atomic E-state index is 12.2. The lowest BCUT2D eigenvalue weighted by Crippen LogP contribution is -2.40. The number of nitroso groups, excluding NO2 is 1. The van der Waals surface area contributed by atoms with E-state index in [-0.39, 0.29) is 18.9 Å². The number of nitrogen functional groups attached to an aromatic ring is 1. The fourth-order valence-corrected chi connectivity index (χ4v) is 1.73. The van der Waals surface area contributed by atoms with Crippen LogP contribution in [-0.4, -0.2) is 9.13 Å². The second kappa shape index (κ2) is 5.27. The topological polar surface area (TPSA) is 113 Å². The molecule has 8 heteroatoms. The van der Waals surface area contributed by atoms with Crippen molar-refractivity contribution in [1.82, 2.24) is 9.13 Å². The molecule has 0 amide bonds. The number of terminal acetylenes is 1.